The highest BCUT2D eigenvalue weighted by Gasteiger charge is 2.09. The lowest BCUT2D eigenvalue weighted by Crippen LogP contribution is -2.24. The third-order valence-electron chi connectivity index (χ3n) is 3.45. The van der Waals surface area contributed by atoms with Gasteiger partial charge >= 0.3 is 5.97 Å². The number of esters is 1. The highest BCUT2D eigenvalue weighted by molar-refractivity contribution is 9.11. The molecule has 0 aliphatic rings. The molecule has 0 spiro atoms. The van der Waals surface area contributed by atoms with Crippen LogP contribution in [-0.4, -0.2) is 17.6 Å². The Morgan fingerprint density at radius 3 is 2.41 bits per heavy atom. The van der Waals surface area contributed by atoms with Gasteiger partial charge in [0, 0.05) is 16.7 Å². The standard InChI is InChI=1S/C16H15Br2NO3/c1-10-13(17)9-14(18)15(20)19(10)8-7-11-3-5-12(6-4-11)16(21)22-2/h3-6,9H,7-8H2,1-2H3. The number of carbonyl (C=O) groups is 1. The normalized spacial score (nSPS) is 10.5. The van der Waals surface area contributed by atoms with E-state index in [0.717, 1.165) is 15.7 Å². The number of aryl methyl sites for hydroxylation is 1. The third kappa shape index (κ3) is 3.67. The third-order valence-corrected chi connectivity index (χ3v) is 4.82. The number of pyridine rings is 1. The number of benzene rings is 1. The van der Waals surface area contributed by atoms with Gasteiger partial charge in [0.2, 0.25) is 0 Å². The number of methoxy groups -OCH3 is 1. The van der Waals surface area contributed by atoms with Crippen LogP contribution < -0.4 is 5.56 Å². The number of carbonyl (C=O) groups excluding carboxylic acids is 1. The predicted octanol–water partition coefficient (Wildman–Crippen LogP) is 3.71. The molecule has 0 atom stereocenters. The topological polar surface area (TPSA) is 48.3 Å². The fourth-order valence-electron chi connectivity index (χ4n) is 2.12. The number of hydrogen-bond donors (Lipinski definition) is 0. The fourth-order valence-corrected chi connectivity index (χ4v) is 3.32. The Morgan fingerprint density at radius 1 is 1.18 bits per heavy atom. The van der Waals surface area contributed by atoms with Gasteiger partial charge in [-0.05, 0) is 69.0 Å². The predicted molar refractivity (Wildman–Crippen MR) is 92.3 cm³/mol. The molecule has 2 aromatic rings. The summed E-state index contributed by atoms with van der Waals surface area (Å²) in [5.74, 6) is -0.352. The molecule has 0 aliphatic heterocycles. The Balaban J connectivity index is 2.17. The van der Waals surface area contributed by atoms with E-state index in [-0.39, 0.29) is 11.5 Å². The lowest BCUT2D eigenvalue weighted by atomic mass is 10.1. The van der Waals surface area contributed by atoms with E-state index in [1.165, 1.54) is 7.11 Å². The quantitative estimate of drug-likeness (QED) is 0.697. The molecule has 0 saturated heterocycles. The van der Waals surface area contributed by atoms with Crippen LogP contribution in [0.5, 0.6) is 0 Å². The second kappa shape index (κ2) is 7.24. The number of aromatic nitrogens is 1. The van der Waals surface area contributed by atoms with Gasteiger partial charge in [0.05, 0.1) is 17.1 Å². The monoisotopic (exact) mass is 427 g/mol. The van der Waals surface area contributed by atoms with Crippen molar-refractivity contribution in [2.45, 2.75) is 19.9 Å². The molecule has 0 bridgehead atoms. The van der Waals surface area contributed by atoms with E-state index in [4.69, 9.17) is 0 Å². The van der Waals surface area contributed by atoms with Gasteiger partial charge in [0.15, 0.2) is 0 Å². The minimum atomic E-state index is -0.352. The van der Waals surface area contributed by atoms with Crippen molar-refractivity contribution in [3.05, 3.63) is 66.5 Å². The molecule has 0 radical (unpaired) electrons. The van der Waals surface area contributed by atoms with Gasteiger partial charge in [0.25, 0.3) is 5.56 Å². The van der Waals surface area contributed by atoms with Crippen LogP contribution in [0.25, 0.3) is 0 Å². The summed E-state index contributed by atoms with van der Waals surface area (Å²) in [6.45, 7) is 2.47. The lowest BCUT2D eigenvalue weighted by molar-refractivity contribution is 0.0600. The zero-order valence-corrected chi connectivity index (χ0v) is 15.4. The molecule has 0 N–H and O–H groups in total. The Hall–Kier alpha value is -1.40. The summed E-state index contributed by atoms with van der Waals surface area (Å²) >= 11 is 6.73. The first kappa shape index (κ1) is 17.0. The van der Waals surface area contributed by atoms with Crippen LogP contribution in [0.3, 0.4) is 0 Å². The van der Waals surface area contributed by atoms with Gasteiger partial charge in [-0.3, -0.25) is 4.79 Å². The smallest absolute Gasteiger partial charge is 0.337 e. The molecule has 0 fully saturated rings. The molecular formula is C16H15Br2NO3. The molecule has 22 heavy (non-hydrogen) atoms. The summed E-state index contributed by atoms with van der Waals surface area (Å²) < 4.78 is 7.82. The van der Waals surface area contributed by atoms with Gasteiger partial charge < -0.3 is 9.30 Å². The van der Waals surface area contributed by atoms with Crippen molar-refractivity contribution < 1.29 is 9.53 Å². The molecule has 0 aliphatic carbocycles. The van der Waals surface area contributed by atoms with Crippen LogP contribution in [-0.2, 0) is 17.7 Å². The average molecular weight is 429 g/mol. The van der Waals surface area contributed by atoms with Gasteiger partial charge in [-0.1, -0.05) is 12.1 Å². The van der Waals surface area contributed by atoms with E-state index in [1.807, 2.05) is 19.1 Å². The van der Waals surface area contributed by atoms with E-state index in [9.17, 15) is 9.59 Å². The van der Waals surface area contributed by atoms with Gasteiger partial charge in [-0.15, -0.1) is 0 Å². The van der Waals surface area contributed by atoms with Crippen molar-refractivity contribution in [1.82, 2.24) is 4.57 Å². The number of ether oxygens (including phenoxy) is 1. The summed E-state index contributed by atoms with van der Waals surface area (Å²) in [7, 11) is 1.36. The van der Waals surface area contributed by atoms with Crippen LogP contribution >= 0.6 is 31.9 Å². The molecule has 1 aromatic heterocycles. The van der Waals surface area contributed by atoms with Gasteiger partial charge in [0.1, 0.15) is 0 Å². The summed E-state index contributed by atoms with van der Waals surface area (Å²) in [6, 6.07) is 8.97. The van der Waals surface area contributed by atoms with Crippen molar-refractivity contribution >= 4 is 37.8 Å². The SMILES string of the molecule is COC(=O)c1ccc(CCn2c(C)c(Br)cc(Br)c2=O)cc1. The largest absolute Gasteiger partial charge is 0.465 e. The zero-order chi connectivity index (χ0) is 16.3. The molecule has 2 rings (SSSR count). The van der Waals surface area contributed by atoms with Gasteiger partial charge in [-0.2, -0.15) is 0 Å². The average Bonchev–Trinajstić information content (AvgIpc) is 2.53. The molecule has 4 nitrogen and oxygen atoms in total. The molecule has 116 valence electrons. The molecule has 0 saturated carbocycles. The number of nitrogens with zero attached hydrogens (tertiary/aromatic N) is 1. The fraction of sp³-hybridized carbons (Fsp3) is 0.250. The van der Waals surface area contributed by atoms with Crippen molar-refractivity contribution in [3.8, 4) is 0 Å². The van der Waals surface area contributed by atoms with E-state index in [1.54, 1.807) is 22.8 Å². The maximum Gasteiger partial charge on any atom is 0.337 e. The molecule has 1 aromatic carbocycles. The highest BCUT2D eigenvalue weighted by Crippen LogP contribution is 2.18. The number of rotatable bonds is 4. The maximum atomic E-state index is 12.2. The molecule has 0 amide bonds. The summed E-state index contributed by atoms with van der Waals surface area (Å²) in [4.78, 5) is 23.6. The van der Waals surface area contributed by atoms with Crippen LogP contribution in [0, 0.1) is 6.92 Å². The first-order valence-corrected chi connectivity index (χ1v) is 8.25. The minimum Gasteiger partial charge on any atom is -0.465 e. The first-order valence-electron chi connectivity index (χ1n) is 6.66. The maximum absolute atomic E-state index is 12.2. The second-order valence-corrected chi connectivity index (χ2v) is 6.53. The van der Waals surface area contributed by atoms with Crippen molar-refractivity contribution in [2.75, 3.05) is 7.11 Å². The summed E-state index contributed by atoms with van der Waals surface area (Å²) in [5.41, 5.74) is 2.41. The molecular weight excluding hydrogens is 414 g/mol. The van der Waals surface area contributed by atoms with E-state index in [0.29, 0.717) is 23.0 Å². The van der Waals surface area contributed by atoms with Crippen LogP contribution in [0.1, 0.15) is 21.6 Å². The number of hydrogen-bond acceptors (Lipinski definition) is 3. The first-order chi connectivity index (χ1) is 10.4. The van der Waals surface area contributed by atoms with Crippen molar-refractivity contribution in [1.29, 1.82) is 0 Å². The zero-order valence-electron chi connectivity index (χ0n) is 12.2. The Kier molecular flexibility index (Phi) is 5.58. The van der Waals surface area contributed by atoms with Crippen LogP contribution in [0.2, 0.25) is 0 Å². The molecule has 0 unspecified atom stereocenters. The van der Waals surface area contributed by atoms with E-state index in [2.05, 4.69) is 36.6 Å². The number of halogens is 2. The van der Waals surface area contributed by atoms with Crippen molar-refractivity contribution in [3.63, 3.8) is 0 Å². The second-order valence-electron chi connectivity index (χ2n) is 4.82. The Morgan fingerprint density at radius 2 is 1.82 bits per heavy atom. The summed E-state index contributed by atoms with van der Waals surface area (Å²) in [6.07, 6.45) is 0.699. The van der Waals surface area contributed by atoms with Crippen LogP contribution in [0.4, 0.5) is 0 Å². The van der Waals surface area contributed by atoms with E-state index >= 15 is 0 Å². The Bertz CT molecular complexity index is 751. The van der Waals surface area contributed by atoms with Gasteiger partial charge in [-0.25, -0.2) is 4.79 Å². The van der Waals surface area contributed by atoms with Crippen molar-refractivity contribution in [2.24, 2.45) is 0 Å². The summed E-state index contributed by atoms with van der Waals surface area (Å²) in [5, 5.41) is 0. The molecule has 1 heterocycles. The lowest BCUT2D eigenvalue weighted by Gasteiger charge is -2.12. The highest BCUT2D eigenvalue weighted by atomic mass is 79.9. The molecule has 6 heteroatoms. The Labute approximate surface area is 145 Å². The minimum absolute atomic E-state index is 0.0492. The van der Waals surface area contributed by atoms with E-state index < -0.39 is 0 Å². The van der Waals surface area contributed by atoms with Crippen LogP contribution in [0.15, 0.2) is 44.1 Å².